The van der Waals surface area contributed by atoms with Crippen molar-refractivity contribution in [3.05, 3.63) is 34.5 Å². The fourth-order valence-electron chi connectivity index (χ4n) is 1.44. The smallest absolute Gasteiger partial charge is 0.281 e. The molecule has 1 heterocycles. The highest BCUT2D eigenvalue weighted by Crippen LogP contribution is 2.28. The van der Waals surface area contributed by atoms with Gasteiger partial charge >= 0.3 is 0 Å². The summed E-state index contributed by atoms with van der Waals surface area (Å²) in [5.41, 5.74) is 1.15. The van der Waals surface area contributed by atoms with E-state index < -0.39 is 0 Å². The van der Waals surface area contributed by atoms with Gasteiger partial charge in [0.05, 0.1) is 17.1 Å². The molecule has 0 spiro atoms. The fraction of sp³-hybridized carbons (Fsp3) is 0.182. The third kappa shape index (κ3) is 1.72. The summed E-state index contributed by atoms with van der Waals surface area (Å²) >= 11 is 3.36. The Morgan fingerprint density at radius 1 is 1.50 bits per heavy atom. The Kier molecular flexibility index (Phi) is 2.98. The molecular weight excluding hydrogens is 274 g/mol. The zero-order valence-electron chi connectivity index (χ0n) is 8.86. The lowest BCUT2D eigenvalue weighted by atomic mass is 10.1. The second-order valence-corrected chi connectivity index (χ2v) is 4.11. The molecule has 0 fully saturated rings. The van der Waals surface area contributed by atoms with Crippen LogP contribution in [0.15, 0.2) is 33.4 Å². The number of hydroxylamine groups is 2. The van der Waals surface area contributed by atoms with E-state index in [-0.39, 0.29) is 5.91 Å². The predicted octanol–water partition coefficient (Wildman–Crippen LogP) is 2.83. The number of nitrogens with zero attached hydrogens (tertiary/aromatic N) is 1. The number of carbonyl (C=O) groups excluding carboxylic acids is 1. The Bertz CT molecular complexity index is 535. The van der Waals surface area contributed by atoms with Crippen molar-refractivity contribution >= 4 is 32.8 Å². The SMILES string of the molecule is CON(C)C(=O)c1coc2c(Br)cccc12. The molecule has 0 bridgehead atoms. The molecular formula is C11H10BrNO3. The number of hydrogen-bond acceptors (Lipinski definition) is 3. The van der Waals surface area contributed by atoms with Gasteiger partial charge in [-0.05, 0) is 22.0 Å². The molecule has 16 heavy (non-hydrogen) atoms. The zero-order chi connectivity index (χ0) is 11.7. The van der Waals surface area contributed by atoms with Crippen molar-refractivity contribution < 1.29 is 14.0 Å². The predicted molar refractivity (Wildman–Crippen MR) is 63.0 cm³/mol. The molecule has 2 aromatic rings. The van der Waals surface area contributed by atoms with Crippen LogP contribution in [0.4, 0.5) is 0 Å². The Morgan fingerprint density at radius 3 is 2.94 bits per heavy atom. The van der Waals surface area contributed by atoms with E-state index in [0.29, 0.717) is 11.1 Å². The second kappa shape index (κ2) is 4.27. The molecule has 0 N–H and O–H groups in total. The van der Waals surface area contributed by atoms with Crippen LogP contribution in [0.1, 0.15) is 10.4 Å². The number of halogens is 1. The van der Waals surface area contributed by atoms with Crippen LogP contribution < -0.4 is 0 Å². The normalized spacial score (nSPS) is 10.7. The average Bonchev–Trinajstić information content (AvgIpc) is 2.72. The van der Waals surface area contributed by atoms with Crippen LogP contribution in [0.2, 0.25) is 0 Å². The maximum absolute atomic E-state index is 11.9. The molecule has 0 aliphatic carbocycles. The monoisotopic (exact) mass is 283 g/mol. The van der Waals surface area contributed by atoms with E-state index in [1.807, 2.05) is 18.2 Å². The maximum Gasteiger partial charge on any atom is 0.281 e. The van der Waals surface area contributed by atoms with E-state index in [2.05, 4.69) is 15.9 Å². The molecule has 0 aliphatic heterocycles. The van der Waals surface area contributed by atoms with Gasteiger partial charge in [0.2, 0.25) is 0 Å². The Balaban J connectivity index is 2.54. The molecule has 0 atom stereocenters. The minimum atomic E-state index is -0.237. The van der Waals surface area contributed by atoms with Gasteiger partial charge in [-0.15, -0.1) is 0 Å². The van der Waals surface area contributed by atoms with Crippen LogP contribution in [0.25, 0.3) is 11.0 Å². The van der Waals surface area contributed by atoms with Gasteiger partial charge in [0.15, 0.2) is 0 Å². The first-order valence-electron chi connectivity index (χ1n) is 4.63. The molecule has 0 unspecified atom stereocenters. The van der Waals surface area contributed by atoms with Gasteiger partial charge in [-0.3, -0.25) is 9.63 Å². The first-order valence-corrected chi connectivity index (χ1v) is 5.42. The lowest BCUT2D eigenvalue weighted by Crippen LogP contribution is -2.25. The van der Waals surface area contributed by atoms with E-state index in [9.17, 15) is 4.79 Å². The van der Waals surface area contributed by atoms with Crippen molar-refractivity contribution in [3.63, 3.8) is 0 Å². The topological polar surface area (TPSA) is 42.7 Å². The fourth-order valence-corrected chi connectivity index (χ4v) is 1.90. The Labute approximate surface area is 101 Å². The first-order chi connectivity index (χ1) is 7.65. The number of benzene rings is 1. The van der Waals surface area contributed by atoms with Gasteiger partial charge in [0.25, 0.3) is 5.91 Å². The van der Waals surface area contributed by atoms with Gasteiger partial charge in [-0.25, -0.2) is 5.06 Å². The summed E-state index contributed by atoms with van der Waals surface area (Å²) in [5.74, 6) is -0.237. The van der Waals surface area contributed by atoms with Gasteiger partial charge in [-0.2, -0.15) is 0 Å². The van der Waals surface area contributed by atoms with Crippen LogP contribution in [-0.4, -0.2) is 25.1 Å². The largest absolute Gasteiger partial charge is 0.462 e. The number of amides is 1. The summed E-state index contributed by atoms with van der Waals surface area (Å²) in [6.45, 7) is 0. The molecule has 84 valence electrons. The summed E-state index contributed by atoms with van der Waals surface area (Å²) in [6, 6.07) is 5.55. The number of rotatable bonds is 2. The van der Waals surface area contributed by atoms with Crippen LogP contribution in [-0.2, 0) is 4.84 Å². The van der Waals surface area contributed by atoms with E-state index in [1.165, 1.54) is 13.4 Å². The summed E-state index contributed by atoms with van der Waals surface area (Å²) in [5, 5.41) is 1.92. The Morgan fingerprint density at radius 2 is 2.25 bits per heavy atom. The molecule has 5 heteroatoms. The van der Waals surface area contributed by atoms with Crippen molar-refractivity contribution in [2.24, 2.45) is 0 Å². The van der Waals surface area contributed by atoms with Gasteiger partial charge < -0.3 is 4.42 Å². The van der Waals surface area contributed by atoms with E-state index in [1.54, 1.807) is 7.05 Å². The van der Waals surface area contributed by atoms with Crippen molar-refractivity contribution in [3.8, 4) is 0 Å². The number of hydrogen-bond donors (Lipinski definition) is 0. The highest BCUT2D eigenvalue weighted by molar-refractivity contribution is 9.10. The highest BCUT2D eigenvalue weighted by Gasteiger charge is 2.18. The van der Waals surface area contributed by atoms with Crippen LogP contribution >= 0.6 is 15.9 Å². The molecule has 0 aliphatic rings. The number of furan rings is 1. The minimum absolute atomic E-state index is 0.237. The van der Waals surface area contributed by atoms with E-state index in [0.717, 1.165) is 14.9 Å². The maximum atomic E-state index is 11.9. The summed E-state index contributed by atoms with van der Waals surface area (Å²) in [6.07, 6.45) is 1.44. The van der Waals surface area contributed by atoms with Gasteiger partial charge in [0, 0.05) is 12.4 Å². The molecule has 1 amide bonds. The van der Waals surface area contributed by atoms with E-state index >= 15 is 0 Å². The standard InChI is InChI=1S/C11H10BrNO3/c1-13(15-2)11(14)8-6-16-10-7(8)4-3-5-9(10)12/h3-6H,1-2H3. The van der Waals surface area contributed by atoms with E-state index in [4.69, 9.17) is 9.25 Å². The number of para-hydroxylation sites is 1. The third-order valence-electron chi connectivity index (χ3n) is 2.34. The van der Waals surface area contributed by atoms with Crippen LogP contribution in [0, 0.1) is 0 Å². The van der Waals surface area contributed by atoms with Crippen LogP contribution in [0.3, 0.4) is 0 Å². The number of fused-ring (bicyclic) bond motifs is 1. The summed E-state index contributed by atoms with van der Waals surface area (Å²) in [7, 11) is 3.00. The molecule has 0 radical (unpaired) electrons. The minimum Gasteiger partial charge on any atom is -0.462 e. The lowest BCUT2D eigenvalue weighted by molar-refractivity contribution is -0.0756. The molecule has 1 aromatic carbocycles. The third-order valence-corrected chi connectivity index (χ3v) is 2.97. The highest BCUT2D eigenvalue weighted by atomic mass is 79.9. The molecule has 1 aromatic heterocycles. The summed E-state index contributed by atoms with van der Waals surface area (Å²) < 4.78 is 6.17. The Hall–Kier alpha value is -1.33. The second-order valence-electron chi connectivity index (χ2n) is 3.25. The zero-order valence-corrected chi connectivity index (χ0v) is 10.4. The van der Waals surface area contributed by atoms with Crippen molar-refractivity contribution in [2.45, 2.75) is 0 Å². The van der Waals surface area contributed by atoms with Crippen LogP contribution in [0.5, 0.6) is 0 Å². The van der Waals surface area contributed by atoms with Crippen molar-refractivity contribution in [1.29, 1.82) is 0 Å². The first kappa shape index (κ1) is 11.2. The van der Waals surface area contributed by atoms with Crippen molar-refractivity contribution in [1.82, 2.24) is 5.06 Å². The van der Waals surface area contributed by atoms with Crippen molar-refractivity contribution in [2.75, 3.05) is 14.2 Å². The van der Waals surface area contributed by atoms with Gasteiger partial charge in [0.1, 0.15) is 11.8 Å². The average molecular weight is 284 g/mol. The molecule has 4 nitrogen and oxygen atoms in total. The number of carbonyl (C=O) groups is 1. The van der Waals surface area contributed by atoms with Gasteiger partial charge in [-0.1, -0.05) is 12.1 Å². The quantitative estimate of drug-likeness (QED) is 0.796. The summed E-state index contributed by atoms with van der Waals surface area (Å²) in [4.78, 5) is 16.7. The lowest BCUT2D eigenvalue weighted by Gasteiger charge is -2.12. The molecule has 0 saturated heterocycles. The molecule has 2 rings (SSSR count). The molecule has 0 saturated carbocycles.